The highest BCUT2D eigenvalue weighted by Crippen LogP contribution is 2.34. The largest absolute Gasteiger partial charge is 0.444 e. The number of nitrogens with zero attached hydrogens (tertiary/aromatic N) is 1. The van der Waals surface area contributed by atoms with Gasteiger partial charge in [-0.25, -0.2) is 4.79 Å². The zero-order chi connectivity index (χ0) is 15.8. The summed E-state index contributed by atoms with van der Waals surface area (Å²) >= 11 is 0. The summed E-state index contributed by atoms with van der Waals surface area (Å²) in [4.78, 5) is 11.7. The molecular weight excluding hydrogens is 287 g/mol. The normalized spacial score (nSPS) is 19.0. The minimum absolute atomic E-state index is 0.0971. The van der Waals surface area contributed by atoms with Crippen molar-refractivity contribution in [1.82, 2.24) is 15.5 Å². The summed E-state index contributed by atoms with van der Waals surface area (Å²) in [7, 11) is 0. The minimum Gasteiger partial charge on any atom is -0.444 e. The summed E-state index contributed by atoms with van der Waals surface area (Å²) in [6, 6.07) is -0.383. The molecule has 2 rings (SSSR count). The molecule has 1 amide bonds. The third-order valence-corrected chi connectivity index (χ3v) is 3.14. The number of amides is 1. The monoisotopic (exact) mass is 305 g/mol. The van der Waals surface area contributed by atoms with Gasteiger partial charge in [-0.3, -0.25) is 5.10 Å². The molecule has 8 heteroatoms. The number of carbonyl (C=O) groups is 1. The van der Waals surface area contributed by atoms with Gasteiger partial charge in [0.05, 0.1) is 0 Å². The SMILES string of the molecule is CC(C)(C)OC(=O)NC1CCc2[nH]nc(C(F)(F)F)c2C1. The Morgan fingerprint density at radius 3 is 2.62 bits per heavy atom. The summed E-state index contributed by atoms with van der Waals surface area (Å²) in [5.41, 5.74) is -0.913. The van der Waals surface area contributed by atoms with Crippen LogP contribution in [0.15, 0.2) is 0 Å². The van der Waals surface area contributed by atoms with Gasteiger partial charge in [-0.05, 0) is 40.0 Å². The molecular formula is C13H18F3N3O2. The fraction of sp³-hybridized carbons (Fsp3) is 0.692. The van der Waals surface area contributed by atoms with Gasteiger partial charge in [0.25, 0.3) is 0 Å². The number of alkyl carbamates (subject to hydrolysis) is 1. The first-order valence-electron chi connectivity index (χ1n) is 6.69. The van der Waals surface area contributed by atoms with Gasteiger partial charge in [-0.15, -0.1) is 0 Å². The predicted molar refractivity (Wildman–Crippen MR) is 68.8 cm³/mol. The highest BCUT2D eigenvalue weighted by molar-refractivity contribution is 5.68. The highest BCUT2D eigenvalue weighted by atomic mass is 19.4. The molecule has 0 aliphatic heterocycles. The highest BCUT2D eigenvalue weighted by Gasteiger charge is 2.39. The molecule has 2 N–H and O–H groups in total. The van der Waals surface area contributed by atoms with Crippen molar-refractivity contribution in [2.75, 3.05) is 0 Å². The van der Waals surface area contributed by atoms with E-state index in [9.17, 15) is 18.0 Å². The minimum atomic E-state index is -4.49. The van der Waals surface area contributed by atoms with Crippen LogP contribution in [-0.2, 0) is 23.8 Å². The van der Waals surface area contributed by atoms with Gasteiger partial charge in [0.2, 0.25) is 0 Å². The van der Waals surface area contributed by atoms with E-state index in [-0.39, 0.29) is 18.0 Å². The van der Waals surface area contributed by atoms with Crippen LogP contribution in [0.4, 0.5) is 18.0 Å². The van der Waals surface area contributed by atoms with Crippen molar-refractivity contribution in [3.63, 3.8) is 0 Å². The van der Waals surface area contributed by atoms with Gasteiger partial charge in [-0.1, -0.05) is 0 Å². The Bertz CT molecular complexity index is 532. The molecule has 0 radical (unpaired) electrons. The van der Waals surface area contributed by atoms with Crippen LogP contribution >= 0.6 is 0 Å². The van der Waals surface area contributed by atoms with E-state index in [1.807, 2.05) is 0 Å². The van der Waals surface area contributed by atoms with E-state index in [2.05, 4.69) is 15.5 Å². The molecule has 21 heavy (non-hydrogen) atoms. The second-order valence-electron chi connectivity index (χ2n) is 6.11. The molecule has 5 nitrogen and oxygen atoms in total. The molecule has 0 saturated carbocycles. The van der Waals surface area contributed by atoms with Gasteiger partial charge < -0.3 is 10.1 Å². The third kappa shape index (κ3) is 3.89. The van der Waals surface area contributed by atoms with E-state index in [0.29, 0.717) is 18.5 Å². The molecule has 1 aromatic rings. The van der Waals surface area contributed by atoms with Crippen LogP contribution in [0.2, 0.25) is 0 Å². The quantitative estimate of drug-likeness (QED) is 0.838. The summed E-state index contributed by atoms with van der Waals surface area (Å²) in [6.07, 6.45) is -4.05. The average Bonchev–Trinajstić information content (AvgIpc) is 2.68. The molecule has 0 spiro atoms. The molecule has 1 unspecified atom stereocenters. The lowest BCUT2D eigenvalue weighted by molar-refractivity contribution is -0.141. The molecule has 1 aliphatic rings. The molecule has 1 aromatic heterocycles. The Balaban J connectivity index is 2.05. The van der Waals surface area contributed by atoms with E-state index < -0.39 is 23.6 Å². The third-order valence-electron chi connectivity index (χ3n) is 3.14. The van der Waals surface area contributed by atoms with Gasteiger partial charge in [-0.2, -0.15) is 18.3 Å². The number of halogens is 3. The van der Waals surface area contributed by atoms with E-state index >= 15 is 0 Å². The Morgan fingerprint density at radius 1 is 1.38 bits per heavy atom. The number of alkyl halides is 3. The number of H-pyrrole nitrogens is 1. The Kier molecular flexibility index (Phi) is 3.90. The number of ether oxygens (including phenoxy) is 1. The number of hydrogen-bond acceptors (Lipinski definition) is 3. The topological polar surface area (TPSA) is 67.0 Å². The van der Waals surface area contributed by atoms with Crippen LogP contribution in [0.5, 0.6) is 0 Å². The zero-order valence-corrected chi connectivity index (χ0v) is 12.1. The predicted octanol–water partition coefficient (Wildman–Crippen LogP) is 2.81. The lowest BCUT2D eigenvalue weighted by Crippen LogP contribution is -2.42. The molecule has 0 saturated heterocycles. The summed E-state index contributed by atoms with van der Waals surface area (Å²) < 4.78 is 43.6. The zero-order valence-electron chi connectivity index (χ0n) is 12.1. The van der Waals surface area contributed by atoms with Gasteiger partial charge in [0, 0.05) is 17.3 Å². The Labute approximate surface area is 120 Å². The van der Waals surface area contributed by atoms with Crippen molar-refractivity contribution in [2.24, 2.45) is 0 Å². The Hall–Kier alpha value is -1.73. The van der Waals surface area contributed by atoms with Crippen LogP contribution < -0.4 is 5.32 Å². The van der Waals surface area contributed by atoms with Crippen molar-refractivity contribution < 1.29 is 22.7 Å². The second-order valence-corrected chi connectivity index (χ2v) is 6.11. The van der Waals surface area contributed by atoms with Crippen molar-refractivity contribution >= 4 is 6.09 Å². The maximum absolute atomic E-state index is 12.8. The summed E-state index contributed by atoms with van der Waals surface area (Å²) in [5.74, 6) is 0. The summed E-state index contributed by atoms with van der Waals surface area (Å²) in [5, 5.41) is 8.39. The number of aromatic nitrogens is 2. The van der Waals surface area contributed by atoms with E-state index in [1.54, 1.807) is 20.8 Å². The number of hydrogen-bond donors (Lipinski definition) is 2. The lowest BCUT2D eigenvalue weighted by atomic mass is 9.91. The van der Waals surface area contributed by atoms with Crippen LogP contribution in [-0.4, -0.2) is 27.9 Å². The molecule has 1 aliphatic carbocycles. The average molecular weight is 305 g/mol. The van der Waals surface area contributed by atoms with Crippen molar-refractivity contribution in [1.29, 1.82) is 0 Å². The number of carbonyl (C=O) groups excluding carboxylic acids is 1. The van der Waals surface area contributed by atoms with Crippen LogP contribution in [0.1, 0.15) is 44.1 Å². The molecule has 1 heterocycles. The fourth-order valence-electron chi connectivity index (χ4n) is 2.33. The van der Waals surface area contributed by atoms with Crippen molar-refractivity contribution in [3.8, 4) is 0 Å². The fourth-order valence-corrected chi connectivity index (χ4v) is 2.33. The number of rotatable bonds is 1. The van der Waals surface area contributed by atoms with Crippen molar-refractivity contribution in [2.45, 2.75) is 57.9 Å². The molecule has 0 aromatic carbocycles. The van der Waals surface area contributed by atoms with E-state index in [0.717, 1.165) is 0 Å². The second kappa shape index (κ2) is 5.23. The molecule has 118 valence electrons. The van der Waals surface area contributed by atoms with Gasteiger partial charge in [0.1, 0.15) is 5.60 Å². The molecule has 0 fully saturated rings. The van der Waals surface area contributed by atoms with E-state index in [4.69, 9.17) is 4.74 Å². The first-order valence-corrected chi connectivity index (χ1v) is 6.69. The maximum Gasteiger partial charge on any atom is 0.435 e. The van der Waals surface area contributed by atoms with Gasteiger partial charge >= 0.3 is 12.3 Å². The number of aromatic amines is 1. The lowest BCUT2D eigenvalue weighted by Gasteiger charge is -2.26. The number of aryl methyl sites for hydroxylation is 1. The standard InChI is InChI=1S/C13H18F3N3O2/c1-12(2,3)21-11(20)17-7-4-5-9-8(6-7)10(19-18-9)13(14,15)16/h7H,4-6H2,1-3H3,(H,17,20)(H,18,19). The number of nitrogens with one attached hydrogen (secondary N) is 2. The molecule has 1 atom stereocenters. The van der Waals surface area contributed by atoms with Crippen molar-refractivity contribution in [3.05, 3.63) is 17.0 Å². The molecule has 0 bridgehead atoms. The van der Waals surface area contributed by atoms with Crippen LogP contribution in [0.3, 0.4) is 0 Å². The van der Waals surface area contributed by atoms with Crippen LogP contribution in [0, 0.1) is 0 Å². The summed E-state index contributed by atoms with van der Waals surface area (Å²) in [6.45, 7) is 5.18. The number of fused-ring (bicyclic) bond motifs is 1. The smallest absolute Gasteiger partial charge is 0.435 e. The first-order chi connectivity index (χ1) is 9.56. The van der Waals surface area contributed by atoms with Gasteiger partial charge in [0.15, 0.2) is 5.69 Å². The van der Waals surface area contributed by atoms with E-state index in [1.165, 1.54) is 0 Å². The first kappa shape index (κ1) is 15.7. The van der Waals surface area contributed by atoms with Crippen LogP contribution in [0.25, 0.3) is 0 Å². The maximum atomic E-state index is 12.8. The Morgan fingerprint density at radius 2 is 2.05 bits per heavy atom.